The lowest BCUT2D eigenvalue weighted by atomic mass is 10.1. The normalized spacial score (nSPS) is 10.8. The van der Waals surface area contributed by atoms with Crippen LogP contribution in [0.4, 0.5) is 5.69 Å². The molecule has 0 aliphatic rings. The number of carbonyl (C=O) groups excluding carboxylic acids is 2. The number of nitrogens with zero attached hydrogens (tertiary/aromatic N) is 1. The highest BCUT2D eigenvalue weighted by Gasteiger charge is 2.14. The van der Waals surface area contributed by atoms with Gasteiger partial charge in [-0.2, -0.15) is 0 Å². The number of amides is 1. The van der Waals surface area contributed by atoms with Crippen LogP contribution in [0.2, 0.25) is 0 Å². The van der Waals surface area contributed by atoms with Gasteiger partial charge in [-0.3, -0.25) is 14.2 Å². The lowest BCUT2D eigenvalue weighted by Crippen LogP contribution is -2.24. The zero-order valence-electron chi connectivity index (χ0n) is 12.7. The molecule has 122 valence electrons. The number of hydrogen-bond donors (Lipinski definition) is 1. The Hall–Kier alpha value is -2.67. The van der Waals surface area contributed by atoms with Gasteiger partial charge >= 0.3 is 5.76 Å². The van der Waals surface area contributed by atoms with Gasteiger partial charge in [-0.15, -0.1) is 0 Å². The predicted molar refractivity (Wildman–Crippen MR) is 93.3 cm³/mol. The Balaban J connectivity index is 1.85. The molecule has 0 unspecified atom stereocenters. The molecule has 2 aromatic carbocycles. The van der Waals surface area contributed by atoms with Crippen LogP contribution in [0.25, 0.3) is 11.1 Å². The molecule has 24 heavy (non-hydrogen) atoms. The molecule has 0 radical (unpaired) electrons. The molecule has 0 spiro atoms. The van der Waals surface area contributed by atoms with Crippen molar-refractivity contribution < 1.29 is 14.0 Å². The molecule has 1 N–H and O–H groups in total. The van der Waals surface area contributed by atoms with Gasteiger partial charge in [0, 0.05) is 15.7 Å². The van der Waals surface area contributed by atoms with Crippen molar-refractivity contribution in [2.45, 2.75) is 13.5 Å². The van der Waals surface area contributed by atoms with Gasteiger partial charge in [0.25, 0.3) is 0 Å². The van der Waals surface area contributed by atoms with Crippen molar-refractivity contribution in [3.05, 3.63) is 63.1 Å². The number of Topliss-reactive ketones (excluding diaryl/α,β-unsaturated/α-hetero) is 1. The molecule has 0 bridgehead atoms. The second-order valence-electron chi connectivity index (χ2n) is 5.25. The highest BCUT2D eigenvalue weighted by molar-refractivity contribution is 9.10. The lowest BCUT2D eigenvalue weighted by Gasteiger charge is -2.06. The minimum Gasteiger partial charge on any atom is -0.408 e. The third kappa shape index (κ3) is 3.30. The Labute approximate surface area is 145 Å². The number of benzene rings is 2. The summed E-state index contributed by atoms with van der Waals surface area (Å²) in [5.74, 6) is -1.12. The highest BCUT2D eigenvalue weighted by Crippen LogP contribution is 2.17. The van der Waals surface area contributed by atoms with Gasteiger partial charge in [-0.05, 0) is 49.4 Å². The number of oxazole rings is 1. The van der Waals surface area contributed by atoms with Crippen molar-refractivity contribution >= 4 is 44.4 Å². The maximum Gasteiger partial charge on any atom is 0.420 e. The lowest BCUT2D eigenvalue weighted by molar-refractivity contribution is -0.116. The fourth-order valence-electron chi connectivity index (χ4n) is 2.31. The molecule has 0 aliphatic carbocycles. The molecule has 1 aromatic heterocycles. The molecule has 3 aromatic rings. The van der Waals surface area contributed by atoms with Gasteiger partial charge in [0.1, 0.15) is 6.54 Å². The van der Waals surface area contributed by atoms with E-state index in [2.05, 4.69) is 21.2 Å². The van der Waals surface area contributed by atoms with Gasteiger partial charge in [0.15, 0.2) is 11.4 Å². The van der Waals surface area contributed by atoms with Gasteiger partial charge in [-0.25, -0.2) is 4.79 Å². The standard InChI is InChI=1S/C17H13BrN2O4/c1-10(21)11-2-7-14-15(8-11)24-17(23)20(14)9-16(22)19-13-5-3-12(18)4-6-13/h2-8H,9H2,1H3,(H,19,22). The summed E-state index contributed by atoms with van der Waals surface area (Å²) in [4.78, 5) is 35.5. The average Bonchev–Trinajstić information content (AvgIpc) is 2.84. The maximum absolute atomic E-state index is 12.2. The minimum atomic E-state index is -0.642. The number of fused-ring (bicyclic) bond motifs is 1. The Kier molecular flexibility index (Phi) is 4.35. The van der Waals surface area contributed by atoms with Gasteiger partial charge in [0.2, 0.25) is 5.91 Å². The molecule has 0 fully saturated rings. The monoisotopic (exact) mass is 388 g/mol. The first-order chi connectivity index (χ1) is 11.4. The van der Waals surface area contributed by atoms with E-state index in [1.54, 1.807) is 36.4 Å². The third-order valence-electron chi connectivity index (χ3n) is 3.50. The fourth-order valence-corrected chi connectivity index (χ4v) is 2.58. The van der Waals surface area contributed by atoms with Gasteiger partial charge in [0.05, 0.1) is 5.52 Å². The molecule has 0 atom stereocenters. The summed E-state index contributed by atoms with van der Waals surface area (Å²) in [7, 11) is 0. The van der Waals surface area contributed by atoms with Crippen molar-refractivity contribution in [2.75, 3.05) is 5.32 Å². The Morgan fingerprint density at radius 2 is 1.88 bits per heavy atom. The van der Waals surface area contributed by atoms with Crippen LogP contribution in [0.5, 0.6) is 0 Å². The number of ketones is 1. The number of carbonyl (C=O) groups is 2. The second kappa shape index (κ2) is 6.45. The van der Waals surface area contributed by atoms with E-state index >= 15 is 0 Å². The van der Waals surface area contributed by atoms with E-state index in [0.717, 1.165) is 4.47 Å². The number of rotatable bonds is 4. The number of aromatic nitrogens is 1. The smallest absolute Gasteiger partial charge is 0.408 e. The molecule has 3 rings (SSSR count). The fraction of sp³-hybridized carbons (Fsp3) is 0.118. The van der Waals surface area contributed by atoms with E-state index in [9.17, 15) is 14.4 Å². The first-order valence-corrected chi connectivity index (χ1v) is 7.93. The highest BCUT2D eigenvalue weighted by atomic mass is 79.9. The first kappa shape index (κ1) is 16.2. The van der Waals surface area contributed by atoms with Crippen molar-refractivity contribution in [3.63, 3.8) is 0 Å². The number of hydrogen-bond acceptors (Lipinski definition) is 4. The van der Waals surface area contributed by atoms with Crippen LogP contribution in [0.1, 0.15) is 17.3 Å². The zero-order valence-corrected chi connectivity index (χ0v) is 14.3. The van der Waals surface area contributed by atoms with E-state index in [4.69, 9.17) is 4.42 Å². The summed E-state index contributed by atoms with van der Waals surface area (Å²) in [6.45, 7) is 1.25. The quantitative estimate of drug-likeness (QED) is 0.695. The van der Waals surface area contributed by atoms with Gasteiger partial charge in [-0.1, -0.05) is 15.9 Å². The second-order valence-corrected chi connectivity index (χ2v) is 6.16. The van der Waals surface area contributed by atoms with Crippen LogP contribution in [-0.2, 0) is 11.3 Å². The molecule has 6 nitrogen and oxygen atoms in total. The summed E-state index contributed by atoms with van der Waals surface area (Å²) in [5.41, 5.74) is 1.82. The molecule has 0 saturated heterocycles. The summed E-state index contributed by atoms with van der Waals surface area (Å²) >= 11 is 3.32. The van der Waals surface area contributed by atoms with E-state index in [-0.39, 0.29) is 23.8 Å². The Bertz CT molecular complexity index is 986. The molecule has 1 heterocycles. The minimum absolute atomic E-state index is 0.125. The molecule has 0 saturated carbocycles. The molecule has 7 heteroatoms. The topological polar surface area (TPSA) is 81.3 Å². The third-order valence-corrected chi connectivity index (χ3v) is 4.03. The number of halogens is 1. The molecule has 0 aliphatic heterocycles. The zero-order chi connectivity index (χ0) is 17.3. The van der Waals surface area contributed by atoms with Crippen LogP contribution < -0.4 is 11.1 Å². The summed E-state index contributed by atoms with van der Waals surface area (Å²) < 4.78 is 7.26. The molecular weight excluding hydrogens is 376 g/mol. The van der Waals surface area contributed by atoms with Crippen molar-refractivity contribution in [1.82, 2.24) is 4.57 Å². The van der Waals surface area contributed by atoms with Crippen LogP contribution in [0.3, 0.4) is 0 Å². The Morgan fingerprint density at radius 1 is 1.17 bits per heavy atom. The summed E-state index contributed by atoms with van der Waals surface area (Å²) in [6, 6.07) is 11.8. The van der Waals surface area contributed by atoms with E-state index in [1.807, 2.05) is 0 Å². The van der Waals surface area contributed by atoms with E-state index < -0.39 is 5.76 Å². The van der Waals surface area contributed by atoms with Crippen LogP contribution in [-0.4, -0.2) is 16.3 Å². The number of anilines is 1. The maximum atomic E-state index is 12.2. The Morgan fingerprint density at radius 3 is 2.54 bits per heavy atom. The molecular formula is C17H13BrN2O4. The number of nitrogens with one attached hydrogen (secondary N) is 1. The SMILES string of the molecule is CC(=O)c1ccc2c(c1)oc(=O)n2CC(=O)Nc1ccc(Br)cc1. The van der Waals surface area contributed by atoms with Crippen LogP contribution in [0, 0.1) is 0 Å². The van der Waals surface area contributed by atoms with Crippen molar-refractivity contribution in [2.24, 2.45) is 0 Å². The largest absolute Gasteiger partial charge is 0.420 e. The summed E-state index contributed by atoms with van der Waals surface area (Å²) in [5, 5.41) is 2.71. The predicted octanol–water partition coefficient (Wildman–Crippen LogP) is 3.20. The van der Waals surface area contributed by atoms with Crippen LogP contribution >= 0.6 is 15.9 Å². The van der Waals surface area contributed by atoms with E-state index in [0.29, 0.717) is 16.8 Å². The van der Waals surface area contributed by atoms with Crippen LogP contribution in [0.15, 0.2) is 56.1 Å². The van der Waals surface area contributed by atoms with Gasteiger partial charge < -0.3 is 9.73 Å². The van der Waals surface area contributed by atoms with Crippen molar-refractivity contribution in [1.29, 1.82) is 0 Å². The first-order valence-electron chi connectivity index (χ1n) is 7.14. The van der Waals surface area contributed by atoms with Crippen molar-refractivity contribution in [3.8, 4) is 0 Å². The van der Waals surface area contributed by atoms with E-state index in [1.165, 1.54) is 17.6 Å². The molecule has 1 amide bonds. The summed E-state index contributed by atoms with van der Waals surface area (Å²) in [6.07, 6.45) is 0. The average molecular weight is 389 g/mol.